The Bertz CT molecular complexity index is 448. The van der Waals surface area contributed by atoms with E-state index in [9.17, 15) is 0 Å². The molecule has 0 radical (unpaired) electrons. The van der Waals surface area contributed by atoms with Gasteiger partial charge in [-0.05, 0) is 31.5 Å². The number of pyridine rings is 1. The highest BCUT2D eigenvalue weighted by atomic mass is 16.5. The molecule has 1 fully saturated rings. The van der Waals surface area contributed by atoms with Gasteiger partial charge in [0.1, 0.15) is 5.82 Å². The Morgan fingerprint density at radius 1 is 1.44 bits per heavy atom. The normalized spacial score (nSPS) is 23.6. The van der Waals surface area contributed by atoms with Crippen molar-refractivity contribution in [1.29, 1.82) is 0 Å². The Hall–Kier alpha value is -1.78. The molecule has 6 nitrogen and oxygen atoms in total. The van der Waals surface area contributed by atoms with Crippen LogP contribution in [0.1, 0.15) is 19.5 Å². The van der Waals surface area contributed by atoms with Gasteiger partial charge in [-0.2, -0.15) is 0 Å². The molecule has 1 aliphatic rings. The Balaban J connectivity index is 2.14. The Kier molecular flexibility index (Phi) is 4.02. The van der Waals surface area contributed by atoms with Crippen LogP contribution in [0.3, 0.4) is 0 Å². The van der Waals surface area contributed by atoms with Gasteiger partial charge in [0, 0.05) is 23.7 Å². The summed E-state index contributed by atoms with van der Waals surface area (Å²) in [4.78, 5) is 9.46. The molecular formula is C12H17N5O. The molecule has 18 heavy (non-hydrogen) atoms. The van der Waals surface area contributed by atoms with Crippen molar-refractivity contribution in [3.63, 3.8) is 0 Å². The average molecular weight is 247 g/mol. The van der Waals surface area contributed by atoms with Gasteiger partial charge in [0.25, 0.3) is 0 Å². The number of hydrogen-bond acceptors (Lipinski definition) is 4. The predicted molar refractivity (Wildman–Crippen MR) is 69.3 cm³/mol. The molecule has 2 heterocycles. The molecule has 96 valence electrons. The molecule has 0 spiro atoms. The van der Waals surface area contributed by atoms with E-state index in [0.717, 1.165) is 24.6 Å². The number of azide groups is 1. The molecular weight excluding hydrogens is 230 g/mol. The molecule has 2 rings (SSSR count). The maximum atomic E-state index is 8.32. The van der Waals surface area contributed by atoms with Crippen molar-refractivity contribution in [2.75, 3.05) is 18.0 Å². The third-order valence-electron chi connectivity index (χ3n) is 2.83. The standard InChI is InChI=1S/C12H17N5O/c1-9-7-17(8-10(2)18-9)12-5-3-4-11(15-12)6-14-16-13/h3-5,9-10H,6-8H2,1-2H3. The highest BCUT2D eigenvalue weighted by molar-refractivity contribution is 5.40. The van der Waals surface area contributed by atoms with Crippen LogP contribution in [0.15, 0.2) is 23.3 Å². The van der Waals surface area contributed by atoms with Crippen LogP contribution in [0.5, 0.6) is 0 Å². The monoisotopic (exact) mass is 247 g/mol. The Morgan fingerprint density at radius 3 is 2.83 bits per heavy atom. The molecule has 1 saturated heterocycles. The van der Waals surface area contributed by atoms with Crippen LogP contribution in [0.25, 0.3) is 10.4 Å². The van der Waals surface area contributed by atoms with Crippen LogP contribution in [0, 0.1) is 0 Å². The summed E-state index contributed by atoms with van der Waals surface area (Å²) in [5, 5.41) is 3.53. The topological polar surface area (TPSA) is 74.1 Å². The SMILES string of the molecule is CC1CN(c2cccc(CN=[N+]=[N-])n2)CC(C)O1. The van der Waals surface area contributed by atoms with Crippen molar-refractivity contribution in [3.05, 3.63) is 34.3 Å². The molecule has 0 amide bonds. The minimum atomic E-state index is 0.205. The van der Waals surface area contributed by atoms with Crippen molar-refractivity contribution in [2.24, 2.45) is 5.11 Å². The summed E-state index contributed by atoms with van der Waals surface area (Å²) in [6.07, 6.45) is 0.410. The van der Waals surface area contributed by atoms with E-state index in [2.05, 4.69) is 33.8 Å². The number of ether oxygens (including phenoxy) is 1. The zero-order valence-electron chi connectivity index (χ0n) is 10.7. The molecule has 1 aromatic rings. The van der Waals surface area contributed by atoms with E-state index in [4.69, 9.17) is 10.3 Å². The molecule has 6 heteroatoms. The second-order valence-corrected chi connectivity index (χ2v) is 4.54. The molecule has 1 aromatic heterocycles. The number of anilines is 1. The first-order chi connectivity index (χ1) is 8.69. The van der Waals surface area contributed by atoms with Crippen molar-refractivity contribution < 1.29 is 4.74 Å². The lowest BCUT2D eigenvalue weighted by Crippen LogP contribution is -2.45. The number of rotatable bonds is 3. The number of morpholine rings is 1. The first-order valence-electron chi connectivity index (χ1n) is 6.06. The first kappa shape index (κ1) is 12.7. The third kappa shape index (κ3) is 3.12. The van der Waals surface area contributed by atoms with Crippen LogP contribution in [0.4, 0.5) is 5.82 Å². The fraction of sp³-hybridized carbons (Fsp3) is 0.583. The van der Waals surface area contributed by atoms with Gasteiger partial charge in [-0.3, -0.25) is 0 Å². The van der Waals surface area contributed by atoms with Crippen LogP contribution in [-0.4, -0.2) is 30.3 Å². The van der Waals surface area contributed by atoms with Crippen molar-refractivity contribution in [1.82, 2.24) is 4.98 Å². The fourth-order valence-electron chi connectivity index (χ4n) is 2.20. The minimum absolute atomic E-state index is 0.205. The van der Waals surface area contributed by atoms with E-state index in [1.54, 1.807) is 0 Å². The Labute approximate surface area is 106 Å². The predicted octanol–water partition coefficient (Wildman–Crippen LogP) is 2.51. The second-order valence-electron chi connectivity index (χ2n) is 4.54. The van der Waals surface area contributed by atoms with Crippen LogP contribution in [-0.2, 0) is 11.3 Å². The molecule has 0 aliphatic carbocycles. The van der Waals surface area contributed by atoms with E-state index in [-0.39, 0.29) is 12.2 Å². The van der Waals surface area contributed by atoms with E-state index >= 15 is 0 Å². The van der Waals surface area contributed by atoms with Crippen LogP contribution in [0.2, 0.25) is 0 Å². The van der Waals surface area contributed by atoms with Crippen molar-refractivity contribution in [3.8, 4) is 0 Å². The average Bonchev–Trinajstić information content (AvgIpc) is 2.35. The van der Waals surface area contributed by atoms with Crippen molar-refractivity contribution >= 4 is 5.82 Å². The first-order valence-corrected chi connectivity index (χ1v) is 6.06. The second kappa shape index (κ2) is 5.71. The molecule has 0 saturated carbocycles. The van der Waals surface area contributed by atoms with E-state index in [1.165, 1.54) is 0 Å². The summed E-state index contributed by atoms with van der Waals surface area (Å²) in [7, 11) is 0. The number of aromatic nitrogens is 1. The molecule has 0 N–H and O–H groups in total. The van der Waals surface area contributed by atoms with Gasteiger partial charge in [-0.15, -0.1) is 0 Å². The van der Waals surface area contributed by atoms with E-state index in [1.807, 2.05) is 18.2 Å². The molecule has 0 aromatic carbocycles. The minimum Gasteiger partial charge on any atom is -0.372 e. The van der Waals surface area contributed by atoms with E-state index in [0.29, 0.717) is 6.54 Å². The summed E-state index contributed by atoms with van der Waals surface area (Å²) in [6.45, 7) is 6.09. The molecule has 2 atom stereocenters. The maximum Gasteiger partial charge on any atom is 0.128 e. The third-order valence-corrected chi connectivity index (χ3v) is 2.83. The van der Waals surface area contributed by atoms with E-state index < -0.39 is 0 Å². The van der Waals surface area contributed by atoms with Gasteiger partial charge in [0.05, 0.1) is 18.8 Å². The van der Waals surface area contributed by atoms with Crippen LogP contribution < -0.4 is 4.90 Å². The highest BCUT2D eigenvalue weighted by Crippen LogP contribution is 2.18. The van der Waals surface area contributed by atoms with Crippen LogP contribution >= 0.6 is 0 Å². The van der Waals surface area contributed by atoms with Gasteiger partial charge in [-0.1, -0.05) is 11.2 Å². The molecule has 2 unspecified atom stereocenters. The largest absolute Gasteiger partial charge is 0.372 e. The highest BCUT2D eigenvalue weighted by Gasteiger charge is 2.23. The zero-order valence-corrected chi connectivity index (χ0v) is 10.7. The summed E-state index contributed by atoms with van der Waals surface area (Å²) in [6, 6.07) is 5.78. The fourth-order valence-corrected chi connectivity index (χ4v) is 2.20. The summed E-state index contributed by atoms with van der Waals surface area (Å²) in [5.41, 5.74) is 9.11. The zero-order chi connectivity index (χ0) is 13.0. The van der Waals surface area contributed by atoms with Gasteiger partial charge in [0.15, 0.2) is 0 Å². The summed E-state index contributed by atoms with van der Waals surface area (Å²) >= 11 is 0. The quantitative estimate of drug-likeness (QED) is 0.468. The molecule has 1 aliphatic heterocycles. The van der Waals surface area contributed by atoms with Gasteiger partial charge >= 0.3 is 0 Å². The lowest BCUT2D eigenvalue weighted by Gasteiger charge is -2.36. The maximum absolute atomic E-state index is 8.32. The lowest BCUT2D eigenvalue weighted by molar-refractivity contribution is -0.00546. The molecule has 0 bridgehead atoms. The van der Waals surface area contributed by atoms with Gasteiger partial charge < -0.3 is 9.64 Å². The van der Waals surface area contributed by atoms with Gasteiger partial charge in [0.2, 0.25) is 0 Å². The number of nitrogens with zero attached hydrogens (tertiary/aromatic N) is 5. The van der Waals surface area contributed by atoms with Crippen molar-refractivity contribution in [2.45, 2.75) is 32.6 Å². The number of hydrogen-bond donors (Lipinski definition) is 0. The summed E-state index contributed by atoms with van der Waals surface area (Å²) in [5.74, 6) is 0.919. The summed E-state index contributed by atoms with van der Waals surface area (Å²) < 4.78 is 5.70. The van der Waals surface area contributed by atoms with Gasteiger partial charge in [-0.25, -0.2) is 4.98 Å². The smallest absolute Gasteiger partial charge is 0.128 e. The lowest BCUT2D eigenvalue weighted by atomic mass is 10.2. The Morgan fingerprint density at radius 2 is 2.17 bits per heavy atom.